The molecule has 1 aliphatic heterocycles. The Bertz CT molecular complexity index is 684. The molecule has 22 heavy (non-hydrogen) atoms. The zero-order valence-electron chi connectivity index (χ0n) is 12.8. The van der Waals surface area contributed by atoms with Crippen molar-refractivity contribution >= 4 is 5.91 Å². The molecule has 0 radical (unpaired) electrons. The Balaban J connectivity index is 1.79. The first-order valence-corrected chi connectivity index (χ1v) is 8.30. The molecule has 1 aromatic heterocycles. The second kappa shape index (κ2) is 5.59. The standard InChI is InChI=1S/C18H21N3O/c22-18(20-12-6-7-13-20)17-15-10-4-5-11-16(15)21(19-17)14-8-2-1-3-9-14/h1-3,8-9H,4-7,10-13H2. The van der Waals surface area contributed by atoms with Crippen LogP contribution in [-0.4, -0.2) is 33.7 Å². The van der Waals surface area contributed by atoms with Crippen molar-refractivity contribution in [2.45, 2.75) is 38.5 Å². The predicted octanol–water partition coefficient (Wildman–Crippen LogP) is 2.99. The van der Waals surface area contributed by atoms with Gasteiger partial charge in [-0.05, 0) is 50.7 Å². The summed E-state index contributed by atoms with van der Waals surface area (Å²) < 4.78 is 2.00. The molecule has 0 bridgehead atoms. The van der Waals surface area contributed by atoms with Gasteiger partial charge in [0.05, 0.1) is 5.69 Å². The summed E-state index contributed by atoms with van der Waals surface area (Å²) in [5.74, 6) is 0.130. The monoisotopic (exact) mass is 295 g/mol. The number of nitrogens with zero attached hydrogens (tertiary/aromatic N) is 3. The highest BCUT2D eigenvalue weighted by atomic mass is 16.2. The van der Waals surface area contributed by atoms with Gasteiger partial charge in [0, 0.05) is 24.3 Å². The Morgan fingerprint density at radius 3 is 2.45 bits per heavy atom. The van der Waals surface area contributed by atoms with Gasteiger partial charge in [0.1, 0.15) is 0 Å². The van der Waals surface area contributed by atoms with E-state index in [9.17, 15) is 4.79 Å². The molecule has 0 atom stereocenters. The highest BCUT2D eigenvalue weighted by Gasteiger charge is 2.29. The molecule has 0 unspecified atom stereocenters. The lowest BCUT2D eigenvalue weighted by molar-refractivity contribution is 0.0785. The van der Waals surface area contributed by atoms with Gasteiger partial charge in [-0.3, -0.25) is 4.79 Å². The van der Waals surface area contributed by atoms with Crippen LogP contribution in [0.25, 0.3) is 5.69 Å². The van der Waals surface area contributed by atoms with Crippen LogP contribution in [0.15, 0.2) is 30.3 Å². The maximum Gasteiger partial charge on any atom is 0.274 e. The van der Waals surface area contributed by atoms with Crippen molar-refractivity contribution < 1.29 is 4.79 Å². The van der Waals surface area contributed by atoms with Crippen LogP contribution < -0.4 is 0 Å². The quantitative estimate of drug-likeness (QED) is 0.854. The van der Waals surface area contributed by atoms with E-state index in [-0.39, 0.29) is 5.91 Å². The molecule has 0 saturated carbocycles. The number of fused-ring (bicyclic) bond motifs is 1. The third kappa shape index (κ3) is 2.23. The zero-order valence-corrected chi connectivity index (χ0v) is 12.8. The second-order valence-corrected chi connectivity index (χ2v) is 6.23. The van der Waals surface area contributed by atoms with Crippen molar-refractivity contribution in [2.24, 2.45) is 0 Å². The first kappa shape index (κ1) is 13.6. The SMILES string of the molecule is O=C(c1nn(-c2ccccc2)c2c1CCCC2)N1CCCC1. The molecule has 1 fully saturated rings. The van der Waals surface area contributed by atoms with Crippen molar-refractivity contribution in [1.82, 2.24) is 14.7 Å². The molecule has 4 rings (SSSR count). The number of carbonyl (C=O) groups excluding carboxylic acids is 1. The molecule has 4 heteroatoms. The van der Waals surface area contributed by atoms with Gasteiger partial charge in [-0.2, -0.15) is 5.10 Å². The third-order valence-corrected chi connectivity index (χ3v) is 4.78. The van der Waals surface area contributed by atoms with Crippen LogP contribution in [0.5, 0.6) is 0 Å². The van der Waals surface area contributed by atoms with E-state index < -0.39 is 0 Å². The highest BCUT2D eigenvalue weighted by Crippen LogP contribution is 2.28. The maximum atomic E-state index is 12.8. The number of rotatable bonds is 2. The van der Waals surface area contributed by atoms with E-state index in [1.54, 1.807) is 0 Å². The van der Waals surface area contributed by atoms with E-state index in [1.807, 2.05) is 27.8 Å². The summed E-state index contributed by atoms with van der Waals surface area (Å²) in [6, 6.07) is 10.2. The first-order valence-electron chi connectivity index (χ1n) is 8.30. The Morgan fingerprint density at radius 1 is 0.955 bits per heavy atom. The predicted molar refractivity (Wildman–Crippen MR) is 85.3 cm³/mol. The molecular weight excluding hydrogens is 274 g/mol. The number of benzene rings is 1. The van der Waals surface area contributed by atoms with E-state index in [1.165, 1.54) is 17.7 Å². The minimum atomic E-state index is 0.130. The largest absolute Gasteiger partial charge is 0.337 e. The molecule has 1 aliphatic carbocycles. The van der Waals surface area contributed by atoms with Gasteiger partial charge in [0.15, 0.2) is 5.69 Å². The fraction of sp³-hybridized carbons (Fsp3) is 0.444. The maximum absolute atomic E-state index is 12.8. The zero-order chi connectivity index (χ0) is 14.9. The van der Waals surface area contributed by atoms with E-state index in [2.05, 4.69) is 12.1 Å². The fourth-order valence-corrected chi connectivity index (χ4v) is 3.62. The van der Waals surface area contributed by atoms with Gasteiger partial charge in [0.25, 0.3) is 5.91 Å². The van der Waals surface area contributed by atoms with E-state index in [0.717, 1.165) is 50.9 Å². The van der Waals surface area contributed by atoms with Gasteiger partial charge in [0.2, 0.25) is 0 Å². The summed E-state index contributed by atoms with van der Waals surface area (Å²) in [4.78, 5) is 14.8. The minimum Gasteiger partial charge on any atom is -0.337 e. The number of carbonyl (C=O) groups is 1. The van der Waals surface area contributed by atoms with Crippen LogP contribution in [0.1, 0.15) is 47.4 Å². The van der Waals surface area contributed by atoms with E-state index in [0.29, 0.717) is 5.69 Å². The lowest BCUT2D eigenvalue weighted by atomic mass is 9.95. The van der Waals surface area contributed by atoms with Gasteiger partial charge in [-0.25, -0.2) is 4.68 Å². The summed E-state index contributed by atoms with van der Waals surface area (Å²) in [5.41, 5.74) is 4.17. The van der Waals surface area contributed by atoms with Crippen molar-refractivity contribution in [2.75, 3.05) is 13.1 Å². The summed E-state index contributed by atoms with van der Waals surface area (Å²) >= 11 is 0. The Labute approximate surface area is 130 Å². The molecule has 2 aliphatic rings. The minimum absolute atomic E-state index is 0.130. The average molecular weight is 295 g/mol. The van der Waals surface area contributed by atoms with Gasteiger partial charge >= 0.3 is 0 Å². The molecule has 0 N–H and O–H groups in total. The van der Waals surface area contributed by atoms with Crippen LogP contribution in [0.3, 0.4) is 0 Å². The third-order valence-electron chi connectivity index (χ3n) is 4.78. The average Bonchev–Trinajstić information content (AvgIpc) is 3.23. The number of likely N-dealkylation sites (tertiary alicyclic amines) is 1. The Morgan fingerprint density at radius 2 is 1.68 bits per heavy atom. The Kier molecular flexibility index (Phi) is 3.45. The van der Waals surface area contributed by atoms with Gasteiger partial charge in [-0.1, -0.05) is 18.2 Å². The molecule has 4 nitrogen and oxygen atoms in total. The summed E-state index contributed by atoms with van der Waals surface area (Å²) in [7, 11) is 0. The lowest BCUT2D eigenvalue weighted by Gasteiger charge is -2.16. The van der Waals surface area contributed by atoms with E-state index >= 15 is 0 Å². The Hall–Kier alpha value is -2.10. The van der Waals surface area contributed by atoms with Gasteiger partial charge < -0.3 is 4.90 Å². The molecule has 114 valence electrons. The molecule has 1 aromatic carbocycles. The molecule has 2 aromatic rings. The van der Waals surface area contributed by atoms with Crippen molar-refractivity contribution in [3.05, 3.63) is 47.3 Å². The van der Waals surface area contributed by atoms with Gasteiger partial charge in [-0.15, -0.1) is 0 Å². The number of hydrogen-bond acceptors (Lipinski definition) is 2. The number of aromatic nitrogens is 2. The van der Waals surface area contributed by atoms with Crippen LogP contribution >= 0.6 is 0 Å². The highest BCUT2D eigenvalue weighted by molar-refractivity contribution is 5.94. The van der Waals surface area contributed by atoms with Crippen LogP contribution in [-0.2, 0) is 12.8 Å². The van der Waals surface area contributed by atoms with Crippen molar-refractivity contribution in [3.63, 3.8) is 0 Å². The summed E-state index contributed by atoms with van der Waals surface area (Å²) in [5, 5.41) is 4.73. The smallest absolute Gasteiger partial charge is 0.274 e. The lowest BCUT2D eigenvalue weighted by Crippen LogP contribution is -2.29. The number of para-hydroxylation sites is 1. The van der Waals surface area contributed by atoms with Crippen molar-refractivity contribution in [1.29, 1.82) is 0 Å². The van der Waals surface area contributed by atoms with Crippen LogP contribution in [0, 0.1) is 0 Å². The summed E-state index contributed by atoms with van der Waals surface area (Å²) in [6.45, 7) is 1.76. The summed E-state index contributed by atoms with van der Waals surface area (Å²) in [6.07, 6.45) is 6.58. The fourth-order valence-electron chi connectivity index (χ4n) is 3.62. The number of hydrogen-bond donors (Lipinski definition) is 0. The second-order valence-electron chi connectivity index (χ2n) is 6.23. The topological polar surface area (TPSA) is 38.1 Å². The van der Waals surface area contributed by atoms with E-state index in [4.69, 9.17) is 5.10 Å². The molecular formula is C18H21N3O. The number of amides is 1. The normalized spacial score (nSPS) is 17.5. The molecule has 2 heterocycles. The van der Waals surface area contributed by atoms with Crippen LogP contribution in [0.4, 0.5) is 0 Å². The molecule has 1 amide bonds. The molecule has 1 saturated heterocycles. The first-order chi connectivity index (χ1) is 10.8. The van der Waals surface area contributed by atoms with Crippen molar-refractivity contribution in [3.8, 4) is 5.69 Å². The molecule has 0 spiro atoms. The van der Waals surface area contributed by atoms with Crippen LogP contribution in [0.2, 0.25) is 0 Å².